The first-order chi connectivity index (χ1) is 13.6. The molecule has 1 aliphatic carbocycles. The van der Waals surface area contributed by atoms with Crippen molar-refractivity contribution in [3.63, 3.8) is 0 Å². The number of amides is 2. The number of nitrogens with zero attached hydrogens (tertiary/aromatic N) is 2. The molecule has 0 bridgehead atoms. The first-order valence-electron chi connectivity index (χ1n) is 9.69. The number of carbonyl (C=O) groups excluding carboxylic acids is 2. The summed E-state index contributed by atoms with van der Waals surface area (Å²) in [4.78, 5) is 29.9. The molecule has 0 radical (unpaired) electrons. The highest BCUT2D eigenvalue weighted by Crippen LogP contribution is 2.31. The van der Waals surface area contributed by atoms with E-state index >= 15 is 0 Å². The number of hydrogen-bond acceptors (Lipinski definition) is 4. The van der Waals surface area contributed by atoms with Gasteiger partial charge in [0, 0.05) is 37.0 Å². The highest BCUT2D eigenvalue weighted by Gasteiger charge is 2.34. The molecule has 1 saturated heterocycles. The van der Waals surface area contributed by atoms with E-state index in [0.717, 1.165) is 23.3 Å². The molecule has 1 aliphatic heterocycles. The fraction of sp³-hybridized carbons (Fsp3) is 0.429. The largest absolute Gasteiger partial charge is 0.343 e. The Kier molecular flexibility index (Phi) is 5.73. The molecule has 7 heteroatoms. The molecule has 1 atom stereocenters. The lowest BCUT2D eigenvalue weighted by Crippen LogP contribution is -2.51. The molecule has 2 heterocycles. The van der Waals surface area contributed by atoms with Gasteiger partial charge in [0.15, 0.2) is 0 Å². The number of piperazine rings is 1. The van der Waals surface area contributed by atoms with Crippen molar-refractivity contribution in [2.45, 2.75) is 18.9 Å². The van der Waals surface area contributed by atoms with Gasteiger partial charge >= 0.3 is 0 Å². The second kappa shape index (κ2) is 8.41. The smallest absolute Gasteiger partial charge is 0.234 e. The van der Waals surface area contributed by atoms with E-state index in [1.54, 1.807) is 23.5 Å². The van der Waals surface area contributed by atoms with Crippen LogP contribution in [-0.2, 0) is 9.59 Å². The number of nitrogens with one attached hydrogen (secondary N) is 1. The summed E-state index contributed by atoms with van der Waals surface area (Å²) in [5.74, 6) is 0.165. The maximum Gasteiger partial charge on any atom is 0.234 e. The van der Waals surface area contributed by atoms with E-state index < -0.39 is 0 Å². The van der Waals surface area contributed by atoms with Crippen LogP contribution in [0.3, 0.4) is 0 Å². The molecule has 1 aromatic carbocycles. The average Bonchev–Trinajstić information content (AvgIpc) is 3.41. The lowest BCUT2D eigenvalue weighted by atomic mass is 10.1. The molecule has 2 aromatic rings. The normalized spacial score (nSPS) is 18.7. The van der Waals surface area contributed by atoms with Crippen LogP contribution in [0.1, 0.15) is 29.3 Å². The van der Waals surface area contributed by atoms with Gasteiger partial charge in [0.05, 0.1) is 12.6 Å². The first-order valence-corrected chi connectivity index (χ1v) is 10.6. The van der Waals surface area contributed by atoms with Gasteiger partial charge in [-0.3, -0.25) is 14.5 Å². The maximum atomic E-state index is 13.3. The highest BCUT2D eigenvalue weighted by atomic mass is 32.1. The van der Waals surface area contributed by atoms with Gasteiger partial charge in [-0.1, -0.05) is 18.2 Å². The van der Waals surface area contributed by atoms with Crippen molar-refractivity contribution in [2.24, 2.45) is 5.92 Å². The number of hydrogen-bond donors (Lipinski definition) is 1. The number of rotatable bonds is 6. The maximum absolute atomic E-state index is 13.3. The molecular formula is C21H24FN3O2S. The second-order valence-corrected chi connectivity index (χ2v) is 8.42. The van der Waals surface area contributed by atoms with Crippen LogP contribution in [-0.4, -0.2) is 54.3 Å². The third-order valence-electron chi connectivity index (χ3n) is 5.31. The molecule has 4 rings (SSSR count). The Bertz CT molecular complexity index is 813. The van der Waals surface area contributed by atoms with Crippen molar-refractivity contribution in [2.75, 3.05) is 32.7 Å². The quantitative estimate of drug-likeness (QED) is 0.810. The van der Waals surface area contributed by atoms with Gasteiger partial charge < -0.3 is 10.2 Å². The summed E-state index contributed by atoms with van der Waals surface area (Å²) in [6.45, 7) is 3.11. The minimum absolute atomic E-state index is 0.0651. The van der Waals surface area contributed by atoms with Crippen molar-refractivity contribution in [3.05, 3.63) is 58.0 Å². The van der Waals surface area contributed by atoms with Gasteiger partial charge in [-0.15, -0.1) is 11.3 Å². The first kappa shape index (κ1) is 19.1. The van der Waals surface area contributed by atoms with Gasteiger partial charge in [0.25, 0.3) is 0 Å². The van der Waals surface area contributed by atoms with Gasteiger partial charge in [0.2, 0.25) is 11.8 Å². The summed E-state index contributed by atoms with van der Waals surface area (Å²) in [6, 6.07) is 9.88. The van der Waals surface area contributed by atoms with Crippen molar-refractivity contribution < 1.29 is 14.0 Å². The summed E-state index contributed by atoms with van der Waals surface area (Å²) < 4.78 is 13.3. The monoisotopic (exact) mass is 401 g/mol. The number of benzene rings is 1. The SMILES string of the molecule is O=C(CN1CCN(C(=O)C2CC2)CC1)N[C@@H](c1ccc(F)cc1)c1cccs1. The molecule has 1 aromatic heterocycles. The third-order valence-corrected chi connectivity index (χ3v) is 6.25. The van der Waals surface area contributed by atoms with Crippen molar-refractivity contribution in [3.8, 4) is 0 Å². The van der Waals surface area contributed by atoms with Gasteiger partial charge in [-0.25, -0.2) is 4.39 Å². The molecule has 5 nitrogen and oxygen atoms in total. The topological polar surface area (TPSA) is 52.7 Å². The van der Waals surface area contributed by atoms with Crippen molar-refractivity contribution in [1.29, 1.82) is 0 Å². The second-order valence-electron chi connectivity index (χ2n) is 7.44. The summed E-state index contributed by atoms with van der Waals surface area (Å²) >= 11 is 1.56. The van der Waals surface area contributed by atoms with Crippen LogP contribution < -0.4 is 5.32 Å². The molecule has 2 aliphatic rings. The molecular weight excluding hydrogens is 377 g/mol. The minimum atomic E-state index is -0.293. The fourth-order valence-electron chi connectivity index (χ4n) is 3.55. The summed E-state index contributed by atoms with van der Waals surface area (Å²) in [5, 5.41) is 5.06. The molecule has 1 N–H and O–H groups in total. The fourth-order valence-corrected chi connectivity index (χ4v) is 4.36. The van der Waals surface area contributed by atoms with Gasteiger partial charge in [-0.2, -0.15) is 0 Å². The van der Waals surface area contributed by atoms with E-state index in [-0.39, 0.29) is 29.6 Å². The summed E-state index contributed by atoms with van der Waals surface area (Å²) in [7, 11) is 0. The van der Waals surface area contributed by atoms with E-state index in [0.29, 0.717) is 32.7 Å². The zero-order valence-corrected chi connectivity index (χ0v) is 16.5. The Morgan fingerprint density at radius 2 is 1.82 bits per heavy atom. The van der Waals surface area contributed by atoms with E-state index in [1.165, 1.54) is 12.1 Å². The van der Waals surface area contributed by atoms with Crippen LogP contribution in [0.15, 0.2) is 41.8 Å². The predicted molar refractivity (Wildman–Crippen MR) is 106 cm³/mol. The molecule has 2 amide bonds. The summed E-state index contributed by atoms with van der Waals surface area (Å²) in [5.41, 5.74) is 0.858. The minimum Gasteiger partial charge on any atom is -0.343 e. The van der Waals surface area contributed by atoms with Crippen LogP contribution in [0.2, 0.25) is 0 Å². The standard InChI is InChI=1S/C21H24FN3O2S/c22-17-7-5-15(6-8-17)20(18-2-1-13-28-18)23-19(26)14-24-9-11-25(12-10-24)21(27)16-3-4-16/h1-2,5-8,13,16,20H,3-4,9-12,14H2,(H,23,26)/t20-/m0/s1. The number of halogens is 1. The Balaban J connectivity index is 1.34. The van der Waals surface area contributed by atoms with Gasteiger partial charge in [-0.05, 0) is 42.0 Å². The number of thiophene rings is 1. The van der Waals surface area contributed by atoms with Crippen molar-refractivity contribution in [1.82, 2.24) is 15.1 Å². The molecule has 28 heavy (non-hydrogen) atoms. The highest BCUT2D eigenvalue weighted by molar-refractivity contribution is 7.10. The van der Waals surface area contributed by atoms with Crippen LogP contribution in [0, 0.1) is 11.7 Å². The van der Waals surface area contributed by atoms with Gasteiger partial charge in [0.1, 0.15) is 5.82 Å². The van der Waals surface area contributed by atoms with Crippen LogP contribution in [0.25, 0.3) is 0 Å². The van der Waals surface area contributed by atoms with Crippen LogP contribution in [0.4, 0.5) is 4.39 Å². The molecule has 1 saturated carbocycles. The third kappa shape index (κ3) is 4.59. The molecule has 0 spiro atoms. The zero-order valence-electron chi connectivity index (χ0n) is 15.6. The Hall–Kier alpha value is -2.25. The zero-order chi connectivity index (χ0) is 19.5. The average molecular weight is 402 g/mol. The Labute approximate surface area is 168 Å². The molecule has 2 fully saturated rings. The van der Waals surface area contributed by atoms with Crippen LogP contribution >= 0.6 is 11.3 Å². The van der Waals surface area contributed by atoms with Crippen LogP contribution in [0.5, 0.6) is 0 Å². The van der Waals surface area contributed by atoms with E-state index in [2.05, 4.69) is 10.2 Å². The van der Waals surface area contributed by atoms with E-state index in [1.807, 2.05) is 22.4 Å². The number of carbonyl (C=O) groups is 2. The molecule has 148 valence electrons. The lowest BCUT2D eigenvalue weighted by Gasteiger charge is -2.34. The van der Waals surface area contributed by atoms with Crippen molar-refractivity contribution >= 4 is 23.2 Å². The Morgan fingerprint density at radius 3 is 2.43 bits per heavy atom. The Morgan fingerprint density at radius 1 is 1.11 bits per heavy atom. The summed E-state index contributed by atoms with van der Waals surface area (Å²) in [6.07, 6.45) is 2.05. The van der Waals surface area contributed by atoms with E-state index in [9.17, 15) is 14.0 Å². The predicted octanol–water partition coefficient (Wildman–Crippen LogP) is 2.65. The van der Waals surface area contributed by atoms with E-state index in [4.69, 9.17) is 0 Å². The molecule has 0 unspecified atom stereocenters. The lowest BCUT2D eigenvalue weighted by molar-refractivity contribution is -0.134.